The molecule has 0 saturated carbocycles. The molecule has 0 aliphatic rings. The van der Waals surface area contributed by atoms with Gasteiger partial charge in [-0.25, -0.2) is 0 Å². The molecule has 4 aromatic rings. The fourth-order valence-corrected chi connectivity index (χ4v) is 3.70. The number of hydrogen-bond donors (Lipinski definition) is 2. The Morgan fingerprint density at radius 1 is 0.879 bits per heavy atom. The summed E-state index contributed by atoms with van der Waals surface area (Å²) in [5.74, 6) is 0.0985. The van der Waals surface area contributed by atoms with Gasteiger partial charge in [0.2, 0.25) is 11.8 Å². The third kappa shape index (κ3) is 5.67. The zero-order valence-corrected chi connectivity index (χ0v) is 19.0. The third-order valence-corrected chi connectivity index (χ3v) is 5.73. The number of carbonyl (C=O) groups excluding carboxylic acids is 2. The average Bonchev–Trinajstić information content (AvgIpc) is 3.29. The molecule has 0 radical (unpaired) electrons. The van der Waals surface area contributed by atoms with Crippen LogP contribution in [0.2, 0.25) is 0 Å². The molecule has 7 nitrogen and oxygen atoms in total. The second kappa shape index (κ2) is 10.1. The summed E-state index contributed by atoms with van der Waals surface area (Å²) >= 11 is 1.16. The van der Waals surface area contributed by atoms with Crippen molar-refractivity contribution in [1.82, 2.24) is 10.2 Å². The Hall–Kier alpha value is -3.91. The number of thioether (sulfide) groups is 1. The summed E-state index contributed by atoms with van der Waals surface area (Å²) in [4.78, 5) is 24.9. The number of nitrogens with one attached hydrogen (secondary N) is 2. The maximum atomic E-state index is 12.5. The van der Waals surface area contributed by atoms with Gasteiger partial charge in [0.25, 0.3) is 11.1 Å². The molecule has 1 heterocycles. The molecule has 8 heteroatoms. The summed E-state index contributed by atoms with van der Waals surface area (Å²) in [6.45, 7) is 3.86. The summed E-state index contributed by atoms with van der Waals surface area (Å²) in [6, 6.07) is 22.1. The van der Waals surface area contributed by atoms with Crippen molar-refractivity contribution < 1.29 is 14.0 Å². The molecule has 166 valence electrons. The second-order valence-electron chi connectivity index (χ2n) is 7.37. The predicted octanol–water partition coefficient (Wildman–Crippen LogP) is 5.34. The smallest absolute Gasteiger partial charge is 0.277 e. The highest BCUT2D eigenvalue weighted by molar-refractivity contribution is 7.99. The van der Waals surface area contributed by atoms with Gasteiger partial charge in [-0.2, -0.15) is 0 Å². The van der Waals surface area contributed by atoms with Crippen molar-refractivity contribution in [1.29, 1.82) is 0 Å². The maximum Gasteiger partial charge on any atom is 0.277 e. The van der Waals surface area contributed by atoms with Crippen LogP contribution in [0.3, 0.4) is 0 Å². The standard InChI is InChI=1S/C25H22N4O3S/c1-16-8-6-7-11-20(16)24-28-29-25(32-24)33-15-22(30)26-19-13-12-17(2)21(14-19)27-23(31)18-9-4-3-5-10-18/h3-14H,15H2,1-2H3,(H,26,30)(H,27,31). The third-order valence-electron chi connectivity index (χ3n) is 4.91. The number of aromatic nitrogens is 2. The first-order valence-electron chi connectivity index (χ1n) is 10.3. The number of amides is 2. The molecule has 0 aliphatic carbocycles. The SMILES string of the molecule is Cc1ccc(NC(=O)CSc2nnc(-c3ccccc3C)o2)cc1NC(=O)c1ccccc1. The fourth-order valence-electron chi connectivity index (χ4n) is 3.13. The number of nitrogens with zero attached hydrogens (tertiary/aromatic N) is 2. The summed E-state index contributed by atoms with van der Waals surface area (Å²) in [5.41, 5.74) is 4.57. The normalized spacial score (nSPS) is 10.6. The molecule has 0 atom stereocenters. The van der Waals surface area contributed by atoms with E-state index in [-0.39, 0.29) is 17.6 Å². The minimum atomic E-state index is -0.222. The van der Waals surface area contributed by atoms with Crippen LogP contribution in [-0.2, 0) is 4.79 Å². The Labute approximate surface area is 195 Å². The van der Waals surface area contributed by atoms with E-state index in [1.807, 2.05) is 62.4 Å². The maximum absolute atomic E-state index is 12.5. The van der Waals surface area contributed by atoms with Crippen LogP contribution in [0.4, 0.5) is 11.4 Å². The van der Waals surface area contributed by atoms with Crippen molar-refractivity contribution in [3.63, 3.8) is 0 Å². The summed E-state index contributed by atoms with van der Waals surface area (Å²) < 4.78 is 5.69. The summed E-state index contributed by atoms with van der Waals surface area (Å²) in [5, 5.41) is 14.1. The zero-order chi connectivity index (χ0) is 23.2. The van der Waals surface area contributed by atoms with Gasteiger partial charge in [-0.1, -0.05) is 54.2 Å². The quantitative estimate of drug-likeness (QED) is 0.363. The molecule has 33 heavy (non-hydrogen) atoms. The van der Waals surface area contributed by atoms with Crippen LogP contribution in [0.1, 0.15) is 21.5 Å². The van der Waals surface area contributed by atoms with Gasteiger partial charge in [-0.15, -0.1) is 10.2 Å². The molecule has 0 bridgehead atoms. The van der Waals surface area contributed by atoms with Crippen LogP contribution in [0.5, 0.6) is 0 Å². The van der Waals surface area contributed by atoms with Crippen LogP contribution < -0.4 is 10.6 Å². The van der Waals surface area contributed by atoms with Crippen LogP contribution >= 0.6 is 11.8 Å². The van der Waals surface area contributed by atoms with Gasteiger partial charge in [-0.05, 0) is 55.3 Å². The first kappa shape index (κ1) is 22.3. The van der Waals surface area contributed by atoms with Gasteiger partial charge in [-0.3, -0.25) is 9.59 Å². The Kier molecular flexibility index (Phi) is 6.85. The Morgan fingerprint density at radius 2 is 1.64 bits per heavy atom. The number of aryl methyl sites for hydroxylation is 2. The minimum absolute atomic E-state index is 0.106. The van der Waals surface area contributed by atoms with Crippen molar-refractivity contribution in [2.24, 2.45) is 0 Å². The monoisotopic (exact) mass is 458 g/mol. The minimum Gasteiger partial charge on any atom is -0.411 e. The lowest BCUT2D eigenvalue weighted by molar-refractivity contribution is -0.113. The first-order chi connectivity index (χ1) is 16.0. The van der Waals surface area contributed by atoms with Crippen LogP contribution in [0.15, 0.2) is 82.4 Å². The highest BCUT2D eigenvalue weighted by Gasteiger charge is 2.13. The van der Waals surface area contributed by atoms with E-state index in [4.69, 9.17) is 4.42 Å². The van der Waals surface area contributed by atoms with E-state index < -0.39 is 0 Å². The van der Waals surface area contributed by atoms with Gasteiger partial charge in [0.15, 0.2) is 0 Å². The van der Waals surface area contributed by atoms with Crippen molar-refractivity contribution in [2.75, 3.05) is 16.4 Å². The predicted molar refractivity (Wildman–Crippen MR) is 129 cm³/mol. The van der Waals surface area contributed by atoms with Crippen LogP contribution in [0.25, 0.3) is 11.5 Å². The van der Waals surface area contributed by atoms with Gasteiger partial charge in [0.1, 0.15) is 0 Å². The molecule has 0 fully saturated rings. The molecule has 0 saturated heterocycles. The molecule has 3 aromatic carbocycles. The summed E-state index contributed by atoms with van der Waals surface area (Å²) in [6.07, 6.45) is 0. The Morgan fingerprint density at radius 3 is 2.42 bits per heavy atom. The molecule has 2 amide bonds. The van der Waals surface area contributed by atoms with Gasteiger partial charge in [0, 0.05) is 22.5 Å². The molecular weight excluding hydrogens is 436 g/mol. The van der Waals surface area contributed by atoms with E-state index in [0.29, 0.717) is 28.1 Å². The summed E-state index contributed by atoms with van der Waals surface area (Å²) in [7, 11) is 0. The molecular formula is C25H22N4O3S. The van der Waals surface area contributed by atoms with E-state index in [9.17, 15) is 9.59 Å². The lowest BCUT2D eigenvalue weighted by atomic mass is 10.1. The molecule has 0 unspecified atom stereocenters. The van der Waals surface area contributed by atoms with Gasteiger partial charge < -0.3 is 15.1 Å². The number of benzene rings is 3. The topological polar surface area (TPSA) is 97.1 Å². The Bertz CT molecular complexity index is 1290. The van der Waals surface area contributed by atoms with Crippen molar-refractivity contribution in [3.8, 4) is 11.5 Å². The van der Waals surface area contributed by atoms with E-state index >= 15 is 0 Å². The highest BCUT2D eigenvalue weighted by Crippen LogP contribution is 2.26. The van der Waals surface area contributed by atoms with Crippen molar-refractivity contribution >= 4 is 35.0 Å². The lowest BCUT2D eigenvalue weighted by Crippen LogP contribution is -2.15. The molecule has 1 aromatic heterocycles. The molecule has 2 N–H and O–H groups in total. The molecule has 0 spiro atoms. The highest BCUT2D eigenvalue weighted by atomic mass is 32.2. The number of rotatable bonds is 7. The molecule has 4 rings (SSSR count). The van der Waals surface area contributed by atoms with E-state index in [2.05, 4.69) is 20.8 Å². The van der Waals surface area contributed by atoms with Crippen LogP contribution in [0, 0.1) is 13.8 Å². The van der Waals surface area contributed by atoms with E-state index in [1.54, 1.807) is 24.3 Å². The zero-order valence-electron chi connectivity index (χ0n) is 18.2. The average molecular weight is 459 g/mol. The number of hydrogen-bond acceptors (Lipinski definition) is 6. The van der Waals surface area contributed by atoms with Crippen molar-refractivity contribution in [2.45, 2.75) is 19.1 Å². The fraction of sp³-hybridized carbons (Fsp3) is 0.120. The van der Waals surface area contributed by atoms with Crippen molar-refractivity contribution in [3.05, 3.63) is 89.5 Å². The molecule has 0 aliphatic heterocycles. The number of carbonyl (C=O) groups is 2. The second-order valence-corrected chi connectivity index (χ2v) is 8.30. The van der Waals surface area contributed by atoms with E-state index in [1.165, 1.54) is 0 Å². The van der Waals surface area contributed by atoms with Gasteiger partial charge >= 0.3 is 0 Å². The van der Waals surface area contributed by atoms with E-state index in [0.717, 1.165) is 28.5 Å². The largest absolute Gasteiger partial charge is 0.411 e. The Balaban J connectivity index is 1.36. The van der Waals surface area contributed by atoms with Crippen LogP contribution in [-0.4, -0.2) is 27.8 Å². The van der Waals surface area contributed by atoms with Gasteiger partial charge in [0.05, 0.1) is 5.75 Å². The first-order valence-corrected chi connectivity index (χ1v) is 11.3. The number of anilines is 2. The lowest BCUT2D eigenvalue weighted by Gasteiger charge is -2.11.